The Morgan fingerprint density at radius 2 is 1.75 bits per heavy atom. The summed E-state index contributed by atoms with van der Waals surface area (Å²) in [7, 11) is 0. The lowest BCUT2D eigenvalue weighted by Crippen LogP contribution is -2.30. The summed E-state index contributed by atoms with van der Waals surface area (Å²) in [6.07, 6.45) is 0. The number of nitrogens with zero attached hydrogens (tertiary/aromatic N) is 2. The van der Waals surface area contributed by atoms with Crippen molar-refractivity contribution in [3.8, 4) is 11.3 Å². The highest BCUT2D eigenvalue weighted by Gasteiger charge is 2.14. The van der Waals surface area contributed by atoms with Gasteiger partial charge in [0.1, 0.15) is 17.3 Å². The van der Waals surface area contributed by atoms with Crippen LogP contribution < -0.4 is 11.4 Å². The molecule has 0 spiro atoms. The summed E-state index contributed by atoms with van der Waals surface area (Å²) in [5.41, 5.74) is -0.200. The van der Waals surface area contributed by atoms with E-state index in [0.717, 1.165) is 12.1 Å². The SMILES string of the molecule is Nn1nc(-c2ccc(F)cc2F)c2ccccc2c1=O. The second kappa shape index (κ2) is 4.41. The molecule has 2 N–H and O–H groups in total. The van der Waals surface area contributed by atoms with Gasteiger partial charge in [-0.25, -0.2) is 8.78 Å². The maximum atomic E-state index is 13.9. The number of nitrogen functional groups attached to an aromatic ring is 1. The molecule has 0 amide bonds. The van der Waals surface area contributed by atoms with Crippen molar-refractivity contribution in [1.82, 2.24) is 9.89 Å². The van der Waals surface area contributed by atoms with E-state index < -0.39 is 17.2 Å². The van der Waals surface area contributed by atoms with Gasteiger partial charge in [0.2, 0.25) is 0 Å². The zero-order chi connectivity index (χ0) is 14.3. The second-order valence-electron chi connectivity index (χ2n) is 4.27. The molecule has 0 aliphatic carbocycles. The van der Waals surface area contributed by atoms with Crippen molar-refractivity contribution in [2.75, 3.05) is 5.84 Å². The molecule has 0 aliphatic heterocycles. The zero-order valence-electron chi connectivity index (χ0n) is 10.2. The lowest BCUT2D eigenvalue weighted by molar-refractivity contribution is 0.585. The molecule has 1 aromatic heterocycles. The number of halogens is 2. The standard InChI is InChI=1S/C14H9F2N3O/c15-8-5-6-11(12(16)7-8)13-9-3-1-2-4-10(9)14(20)19(17)18-13/h1-7H,17H2. The molecule has 3 aromatic rings. The van der Waals surface area contributed by atoms with Crippen LogP contribution in [0.3, 0.4) is 0 Å². The predicted octanol–water partition coefficient (Wildman–Crippen LogP) is 2.06. The zero-order valence-corrected chi connectivity index (χ0v) is 10.2. The first-order chi connectivity index (χ1) is 9.58. The van der Waals surface area contributed by atoms with Gasteiger partial charge < -0.3 is 5.84 Å². The molecule has 3 rings (SSSR count). The van der Waals surface area contributed by atoms with E-state index in [1.54, 1.807) is 24.3 Å². The Hall–Kier alpha value is -2.76. The highest BCUT2D eigenvalue weighted by atomic mass is 19.1. The molecule has 0 fully saturated rings. The summed E-state index contributed by atoms with van der Waals surface area (Å²) in [6, 6.07) is 9.75. The van der Waals surface area contributed by atoms with Gasteiger partial charge in [-0.05, 0) is 18.2 Å². The minimum absolute atomic E-state index is 0.0850. The normalized spacial score (nSPS) is 10.9. The Balaban J connectivity index is 2.42. The Bertz CT molecular complexity index is 874. The Morgan fingerprint density at radius 1 is 1.05 bits per heavy atom. The molecule has 0 unspecified atom stereocenters. The average molecular weight is 273 g/mol. The molecule has 1 heterocycles. The lowest BCUT2D eigenvalue weighted by Gasteiger charge is -2.08. The number of nitrogens with two attached hydrogens (primary N) is 1. The van der Waals surface area contributed by atoms with Crippen molar-refractivity contribution in [1.29, 1.82) is 0 Å². The van der Waals surface area contributed by atoms with Crippen molar-refractivity contribution >= 4 is 10.8 Å². The van der Waals surface area contributed by atoms with E-state index in [1.807, 2.05) is 0 Å². The van der Waals surface area contributed by atoms with Gasteiger partial charge in [0.05, 0.1) is 5.39 Å². The van der Waals surface area contributed by atoms with Crippen LogP contribution in [0.25, 0.3) is 22.0 Å². The number of hydrogen-bond donors (Lipinski definition) is 1. The van der Waals surface area contributed by atoms with E-state index >= 15 is 0 Å². The summed E-state index contributed by atoms with van der Waals surface area (Å²) in [4.78, 5) is 12.5. The summed E-state index contributed by atoms with van der Waals surface area (Å²) >= 11 is 0. The molecule has 0 radical (unpaired) electrons. The maximum absolute atomic E-state index is 13.9. The number of fused-ring (bicyclic) bond motifs is 1. The van der Waals surface area contributed by atoms with Crippen LogP contribution in [0, 0.1) is 11.6 Å². The molecular formula is C14H9F2N3O. The van der Waals surface area contributed by atoms with E-state index in [1.165, 1.54) is 6.07 Å². The van der Waals surface area contributed by atoms with Gasteiger partial charge in [0.15, 0.2) is 0 Å². The van der Waals surface area contributed by atoms with Crippen molar-refractivity contribution < 1.29 is 8.78 Å². The Kier molecular flexibility index (Phi) is 2.71. The first kappa shape index (κ1) is 12.3. The van der Waals surface area contributed by atoms with Crippen LogP contribution in [0.4, 0.5) is 8.78 Å². The third kappa shape index (κ3) is 1.82. The number of benzene rings is 2. The predicted molar refractivity (Wildman–Crippen MR) is 71.5 cm³/mol. The van der Waals surface area contributed by atoms with Gasteiger partial charge in [-0.1, -0.05) is 18.2 Å². The minimum Gasteiger partial charge on any atom is -0.320 e. The molecule has 0 bridgehead atoms. The second-order valence-corrected chi connectivity index (χ2v) is 4.27. The summed E-state index contributed by atoms with van der Waals surface area (Å²) in [6.45, 7) is 0. The molecule has 2 aromatic carbocycles. The monoisotopic (exact) mass is 273 g/mol. The first-order valence-electron chi connectivity index (χ1n) is 5.80. The summed E-state index contributed by atoms with van der Waals surface area (Å²) in [5, 5.41) is 4.67. The topological polar surface area (TPSA) is 60.9 Å². The molecule has 100 valence electrons. The van der Waals surface area contributed by atoms with Crippen molar-refractivity contribution in [3.63, 3.8) is 0 Å². The number of aromatic nitrogens is 2. The fourth-order valence-electron chi connectivity index (χ4n) is 2.09. The van der Waals surface area contributed by atoms with E-state index in [9.17, 15) is 13.6 Å². The van der Waals surface area contributed by atoms with Gasteiger partial charge in [-0.3, -0.25) is 4.79 Å². The van der Waals surface area contributed by atoms with Gasteiger partial charge in [0, 0.05) is 17.0 Å². The lowest BCUT2D eigenvalue weighted by atomic mass is 10.0. The van der Waals surface area contributed by atoms with Gasteiger partial charge in [-0.2, -0.15) is 0 Å². The van der Waals surface area contributed by atoms with Crippen LogP contribution in [-0.2, 0) is 0 Å². The van der Waals surface area contributed by atoms with E-state index in [2.05, 4.69) is 5.10 Å². The fraction of sp³-hybridized carbons (Fsp3) is 0. The summed E-state index contributed by atoms with van der Waals surface area (Å²) in [5.74, 6) is 4.05. The number of rotatable bonds is 1. The van der Waals surface area contributed by atoms with Crippen LogP contribution in [-0.4, -0.2) is 9.89 Å². The molecule has 20 heavy (non-hydrogen) atoms. The quantitative estimate of drug-likeness (QED) is 0.690. The average Bonchev–Trinajstić information content (AvgIpc) is 2.43. The number of hydrogen-bond acceptors (Lipinski definition) is 3. The highest BCUT2D eigenvalue weighted by Crippen LogP contribution is 2.26. The first-order valence-corrected chi connectivity index (χ1v) is 5.80. The van der Waals surface area contributed by atoms with E-state index in [-0.39, 0.29) is 11.3 Å². The third-order valence-corrected chi connectivity index (χ3v) is 3.01. The molecule has 0 aliphatic rings. The molecular weight excluding hydrogens is 264 g/mol. The van der Waals surface area contributed by atoms with Crippen molar-refractivity contribution in [3.05, 3.63) is 64.5 Å². The molecule has 0 saturated carbocycles. The Labute approximate surface area is 112 Å². The fourth-order valence-corrected chi connectivity index (χ4v) is 2.09. The van der Waals surface area contributed by atoms with Crippen LogP contribution in [0.15, 0.2) is 47.3 Å². The summed E-state index contributed by atoms with van der Waals surface area (Å²) < 4.78 is 26.9. The molecule has 4 nitrogen and oxygen atoms in total. The molecule has 0 atom stereocenters. The molecule has 6 heteroatoms. The van der Waals surface area contributed by atoms with Gasteiger partial charge in [-0.15, -0.1) is 9.89 Å². The highest BCUT2D eigenvalue weighted by molar-refractivity contribution is 5.93. The molecule has 0 saturated heterocycles. The largest absolute Gasteiger partial charge is 0.320 e. The van der Waals surface area contributed by atoms with Crippen LogP contribution in [0.2, 0.25) is 0 Å². The van der Waals surface area contributed by atoms with Crippen molar-refractivity contribution in [2.24, 2.45) is 0 Å². The van der Waals surface area contributed by atoms with Crippen LogP contribution in [0.1, 0.15) is 0 Å². The van der Waals surface area contributed by atoms with Crippen LogP contribution in [0.5, 0.6) is 0 Å². The Morgan fingerprint density at radius 3 is 2.45 bits per heavy atom. The van der Waals surface area contributed by atoms with Crippen molar-refractivity contribution in [2.45, 2.75) is 0 Å². The van der Waals surface area contributed by atoms with E-state index in [4.69, 9.17) is 5.84 Å². The van der Waals surface area contributed by atoms with Gasteiger partial charge >= 0.3 is 0 Å². The maximum Gasteiger partial charge on any atom is 0.293 e. The third-order valence-electron chi connectivity index (χ3n) is 3.01. The van der Waals surface area contributed by atoms with E-state index in [0.29, 0.717) is 15.6 Å². The van der Waals surface area contributed by atoms with Crippen LogP contribution >= 0.6 is 0 Å². The minimum atomic E-state index is -0.763. The van der Waals surface area contributed by atoms with Gasteiger partial charge in [0.25, 0.3) is 5.56 Å². The smallest absolute Gasteiger partial charge is 0.293 e.